The molecule has 144 valence electrons. The molecule has 3 heterocycles. The fraction of sp³-hybridized carbons (Fsp3) is 0.833. The summed E-state index contributed by atoms with van der Waals surface area (Å²) in [4.78, 5) is 21.6. The molecule has 8 heteroatoms. The first-order valence-electron chi connectivity index (χ1n) is 9.73. The Morgan fingerprint density at radius 2 is 2.08 bits per heavy atom. The Hall–Kier alpha value is -1.51. The summed E-state index contributed by atoms with van der Waals surface area (Å²) in [6.45, 7) is 5.07. The molecule has 26 heavy (non-hydrogen) atoms. The second-order valence-electron chi connectivity index (χ2n) is 7.83. The lowest BCUT2D eigenvalue weighted by molar-refractivity contribution is -0.123. The van der Waals surface area contributed by atoms with Crippen LogP contribution in [0.25, 0.3) is 0 Å². The first kappa shape index (κ1) is 17.9. The molecule has 8 nitrogen and oxygen atoms in total. The van der Waals surface area contributed by atoms with Gasteiger partial charge in [0, 0.05) is 38.8 Å². The third-order valence-electron chi connectivity index (χ3n) is 5.83. The van der Waals surface area contributed by atoms with Crippen molar-refractivity contribution in [1.82, 2.24) is 25.3 Å². The van der Waals surface area contributed by atoms with Crippen molar-refractivity contribution in [2.75, 3.05) is 33.3 Å². The first-order chi connectivity index (χ1) is 12.6. The van der Waals surface area contributed by atoms with Gasteiger partial charge in [0.2, 0.25) is 11.8 Å². The molecular formula is C18H29N5O3. The van der Waals surface area contributed by atoms with Crippen molar-refractivity contribution in [2.45, 2.75) is 63.3 Å². The molecule has 2 saturated heterocycles. The molecular weight excluding hydrogens is 334 g/mol. The van der Waals surface area contributed by atoms with Gasteiger partial charge in [-0.3, -0.25) is 9.69 Å². The maximum atomic E-state index is 12.6. The van der Waals surface area contributed by atoms with Gasteiger partial charge in [-0.1, -0.05) is 5.16 Å². The number of aryl methyl sites for hydroxylation is 1. The van der Waals surface area contributed by atoms with Crippen molar-refractivity contribution in [2.24, 2.45) is 0 Å². The highest BCUT2D eigenvalue weighted by atomic mass is 16.5. The summed E-state index contributed by atoms with van der Waals surface area (Å²) in [5, 5.41) is 7.11. The van der Waals surface area contributed by atoms with E-state index in [9.17, 15) is 4.79 Å². The van der Waals surface area contributed by atoms with E-state index in [2.05, 4.69) is 25.3 Å². The Kier molecular flexibility index (Phi) is 5.24. The third kappa shape index (κ3) is 4.07. The molecule has 0 spiro atoms. The average molecular weight is 363 g/mol. The van der Waals surface area contributed by atoms with E-state index in [0.29, 0.717) is 30.8 Å². The van der Waals surface area contributed by atoms with Crippen LogP contribution in [0.15, 0.2) is 4.52 Å². The van der Waals surface area contributed by atoms with E-state index in [1.807, 2.05) is 0 Å². The lowest BCUT2D eigenvalue weighted by atomic mass is 10.0. The third-order valence-corrected chi connectivity index (χ3v) is 5.83. The number of methoxy groups -OCH3 is 1. The standard InChI is InChI=1S/C18H29N5O3/c1-12-19-18(26-21-12)16-9-15(25-2)10-23(16)11-17(24)20-13-5-7-22(8-6-13)14-3-4-14/h13-16H,3-11H2,1-2H3,(H,20,24)/t15-,16+/m0/s1. The highest BCUT2D eigenvalue weighted by Crippen LogP contribution is 2.32. The summed E-state index contributed by atoms with van der Waals surface area (Å²) in [7, 11) is 1.71. The predicted octanol–water partition coefficient (Wildman–Crippen LogP) is 0.883. The van der Waals surface area contributed by atoms with Gasteiger partial charge < -0.3 is 19.5 Å². The second-order valence-corrected chi connectivity index (χ2v) is 7.83. The normalized spacial score (nSPS) is 28.5. The first-order valence-corrected chi connectivity index (χ1v) is 9.73. The van der Waals surface area contributed by atoms with E-state index in [0.717, 1.165) is 38.4 Å². The number of aromatic nitrogens is 2. The van der Waals surface area contributed by atoms with Crippen LogP contribution < -0.4 is 5.32 Å². The number of rotatable bonds is 6. The van der Waals surface area contributed by atoms with Gasteiger partial charge in [-0.2, -0.15) is 4.98 Å². The Morgan fingerprint density at radius 3 is 2.69 bits per heavy atom. The number of carbonyl (C=O) groups excluding carboxylic acids is 1. The predicted molar refractivity (Wildman–Crippen MR) is 94.5 cm³/mol. The van der Waals surface area contributed by atoms with Crippen LogP contribution >= 0.6 is 0 Å². The molecule has 1 aromatic rings. The zero-order chi connectivity index (χ0) is 18.1. The summed E-state index contributed by atoms with van der Waals surface area (Å²) in [5.74, 6) is 1.27. The zero-order valence-electron chi connectivity index (χ0n) is 15.7. The monoisotopic (exact) mass is 363 g/mol. The van der Waals surface area contributed by atoms with Crippen LogP contribution in [0.4, 0.5) is 0 Å². The van der Waals surface area contributed by atoms with Crippen LogP contribution in [0, 0.1) is 6.92 Å². The topological polar surface area (TPSA) is 83.7 Å². The van der Waals surface area contributed by atoms with Crippen molar-refractivity contribution < 1.29 is 14.1 Å². The fourth-order valence-electron chi connectivity index (χ4n) is 4.22. The summed E-state index contributed by atoms with van der Waals surface area (Å²) in [6.07, 6.45) is 5.66. The van der Waals surface area contributed by atoms with Crippen LogP contribution in [-0.2, 0) is 9.53 Å². The quantitative estimate of drug-likeness (QED) is 0.803. The summed E-state index contributed by atoms with van der Waals surface area (Å²) in [5.41, 5.74) is 0. The maximum absolute atomic E-state index is 12.6. The minimum Gasteiger partial charge on any atom is -0.380 e. The lowest BCUT2D eigenvalue weighted by Gasteiger charge is -2.32. The van der Waals surface area contributed by atoms with E-state index in [-0.39, 0.29) is 18.1 Å². The molecule has 1 amide bonds. The molecule has 3 aliphatic rings. The smallest absolute Gasteiger partial charge is 0.244 e. The molecule has 0 aromatic carbocycles. The van der Waals surface area contributed by atoms with Crippen molar-refractivity contribution in [3.8, 4) is 0 Å². The molecule has 1 N–H and O–H groups in total. The van der Waals surface area contributed by atoms with Gasteiger partial charge in [0.1, 0.15) is 0 Å². The minimum atomic E-state index is -0.0522. The molecule has 1 aromatic heterocycles. The van der Waals surface area contributed by atoms with Crippen molar-refractivity contribution in [1.29, 1.82) is 0 Å². The van der Waals surface area contributed by atoms with E-state index in [4.69, 9.17) is 9.26 Å². The van der Waals surface area contributed by atoms with E-state index in [1.54, 1.807) is 14.0 Å². The number of nitrogens with zero attached hydrogens (tertiary/aromatic N) is 4. The largest absolute Gasteiger partial charge is 0.380 e. The van der Waals surface area contributed by atoms with Gasteiger partial charge in [0.25, 0.3) is 0 Å². The minimum absolute atomic E-state index is 0.0522. The molecule has 3 fully saturated rings. The van der Waals surface area contributed by atoms with Crippen molar-refractivity contribution in [3.05, 3.63) is 11.7 Å². The molecule has 2 aliphatic heterocycles. The number of hydrogen-bond donors (Lipinski definition) is 1. The Morgan fingerprint density at radius 1 is 1.31 bits per heavy atom. The van der Waals surface area contributed by atoms with Gasteiger partial charge in [-0.05, 0) is 39.0 Å². The Bertz CT molecular complexity index is 624. The zero-order valence-corrected chi connectivity index (χ0v) is 15.7. The molecule has 2 atom stereocenters. The van der Waals surface area contributed by atoms with Gasteiger partial charge in [0.15, 0.2) is 5.82 Å². The lowest BCUT2D eigenvalue weighted by Crippen LogP contribution is -2.48. The van der Waals surface area contributed by atoms with E-state index in [1.165, 1.54) is 12.8 Å². The Labute approximate surface area is 154 Å². The number of hydrogen-bond acceptors (Lipinski definition) is 7. The van der Waals surface area contributed by atoms with Gasteiger partial charge in [-0.25, -0.2) is 0 Å². The molecule has 4 rings (SSSR count). The number of ether oxygens (including phenoxy) is 1. The molecule has 1 saturated carbocycles. The Balaban J connectivity index is 1.30. The number of amides is 1. The summed E-state index contributed by atoms with van der Waals surface area (Å²) < 4.78 is 10.9. The molecule has 0 unspecified atom stereocenters. The SMILES string of the molecule is CO[C@H]1C[C@H](c2nc(C)no2)N(CC(=O)NC2CCN(C3CC3)CC2)C1. The summed E-state index contributed by atoms with van der Waals surface area (Å²) in [6, 6.07) is 1.06. The van der Waals surface area contributed by atoms with E-state index < -0.39 is 0 Å². The molecule has 0 bridgehead atoms. The van der Waals surface area contributed by atoms with Crippen molar-refractivity contribution >= 4 is 5.91 Å². The van der Waals surface area contributed by atoms with Crippen LogP contribution in [0.3, 0.4) is 0 Å². The van der Waals surface area contributed by atoms with Gasteiger partial charge in [0.05, 0.1) is 18.7 Å². The number of likely N-dealkylation sites (tertiary alicyclic amines) is 2. The highest BCUT2D eigenvalue weighted by molar-refractivity contribution is 5.78. The van der Waals surface area contributed by atoms with Gasteiger partial charge in [-0.15, -0.1) is 0 Å². The van der Waals surface area contributed by atoms with Crippen LogP contribution in [-0.4, -0.2) is 77.3 Å². The van der Waals surface area contributed by atoms with Gasteiger partial charge >= 0.3 is 0 Å². The molecule has 1 aliphatic carbocycles. The van der Waals surface area contributed by atoms with E-state index >= 15 is 0 Å². The molecule has 0 radical (unpaired) electrons. The van der Waals surface area contributed by atoms with Crippen molar-refractivity contribution in [3.63, 3.8) is 0 Å². The summed E-state index contributed by atoms with van der Waals surface area (Å²) >= 11 is 0. The maximum Gasteiger partial charge on any atom is 0.244 e. The van der Waals surface area contributed by atoms with Crippen LogP contribution in [0.1, 0.15) is 49.9 Å². The average Bonchev–Trinajstić information content (AvgIpc) is 3.27. The number of carbonyl (C=O) groups is 1. The number of piperidine rings is 1. The number of nitrogens with one attached hydrogen (secondary N) is 1. The van der Waals surface area contributed by atoms with Crippen LogP contribution in [0.2, 0.25) is 0 Å². The highest BCUT2D eigenvalue weighted by Gasteiger charge is 2.38. The second kappa shape index (κ2) is 7.62. The fourth-order valence-corrected chi connectivity index (χ4v) is 4.22. The van der Waals surface area contributed by atoms with Crippen LogP contribution in [0.5, 0.6) is 0 Å².